The second kappa shape index (κ2) is 5.71. The zero-order chi connectivity index (χ0) is 17.0. The molecule has 5 rings (SSSR count). The fraction of sp³-hybridized carbons (Fsp3) is 0.368. The van der Waals surface area contributed by atoms with Gasteiger partial charge in [-0.15, -0.1) is 0 Å². The van der Waals surface area contributed by atoms with E-state index in [1.165, 1.54) is 12.8 Å². The minimum absolute atomic E-state index is 0.528. The number of aryl methyl sites for hydroxylation is 1. The molecule has 0 saturated carbocycles. The summed E-state index contributed by atoms with van der Waals surface area (Å²) in [7, 11) is 2.04. The normalized spacial score (nSPS) is 22.7. The van der Waals surface area contributed by atoms with E-state index >= 15 is 0 Å². The first-order valence-electron chi connectivity index (χ1n) is 8.79. The van der Waals surface area contributed by atoms with Crippen LogP contribution < -0.4 is 10.2 Å². The molecule has 0 spiro atoms. The van der Waals surface area contributed by atoms with Crippen LogP contribution in [0, 0.1) is 0 Å². The third kappa shape index (κ3) is 2.34. The number of piperazine rings is 1. The van der Waals surface area contributed by atoms with Gasteiger partial charge in [0.1, 0.15) is 11.6 Å². The lowest BCUT2D eigenvalue weighted by molar-refractivity contribution is 0.481. The Labute approximate surface area is 151 Å². The van der Waals surface area contributed by atoms with E-state index in [1.54, 1.807) is 6.20 Å². The van der Waals surface area contributed by atoms with Crippen LogP contribution in [0.5, 0.6) is 0 Å². The zero-order valence-corrected chi connectivity index (χ0v) is 14.9. The van der Waals surface area contributed by atoms with Crippen molar-refractivity contribution in [3.63, 3.8) is 0 Å². The number of anilines is 1. The van der Waals surface area contributed by atoms with Crippen LogP contribution in [0.15, 0.2) is 36.5 Å². The van der Waals surface area contributed by atoms with E-state index in [2.05, 4.69) is 31.9 Å². The standard InChI is InChI=1S/C19H20ClN5/c1-24-17-5-3-2-4-16(17)23-19(24)14-8-18(22-11-15(14)20)25-12-6-7-13(25)10-21-9-12/h2-5,8,11-13,21H,6-7,9-10H2,1H3. The van der Waals surface area contributed by atoms with Crippen LogP contribution in [-0.4, -0.2) is 39.7 Å². The Hall–Kier alpha value is -2.11. The molecule has 2 aliphatic rings. The van der Waals surface area contributed by atoms with Gasteiger partial charge >= 0.3 is 0 Å². The lowest BCUT2D eigenvalue weighted by atomic mass is 10.2. The number of benzene rings is 1. The summed E-state index contributed by atoms with van der Waals surface area (Å²) >= 11 is 6.51. The second-order valence-corrected chi connectivity index (χ2v) is 7.36. The maximum absolute atomic E-state index is 6.51. The number of pyridine rings is 1. The molecule has 2 aliphatic heterocycles. The van der Waals surface area contributed by atoms with Crippen LogP contribution in [0.25, 0.3) is 22.4 Å². The Morgan fingerprint density at radius 2 is 1.92 bits per heavy atom. The molecule has 5 nitrogen and oxygen atoms in total. The third-order valence-corrected chi connectivity index (χ3v) is 5.81. The van der Waals surface area contributed by atoms with E-state index in [-0.39, 0.29) is 0 Å². The monoisotopic (exact) mass is 353 g/mol. The summed E-state index contributed by atoms with van der Waals surface area (Å²) in [5.41, 5.74) is 3.04. The molecule has 0 aliphatic carbocycles. The van der Waals surface area contributed by atoms with Gasteiger partial charge in [0.25, 0.3) is 0 Å². The van der Waals surface area contributed by atoms with Gasteiger partial charge in [-0.2, -0.15) is 0 Å². The average Bonchev–Trinajstić information content (AvgIpc) is 3.09. The van der Waals surface area contributed by atoms with E-state index in [0.717, 1.165) is 41.3 Å². The SMILES string of the molecule is Cn1c(-c2cc(N3C4CCC3CNC4)ncc2Cl)nc2ccccc21. The lowest BCUT2D eigenvalue weighted by Crippen LogP contribution is -2.52. The first-order valence-corrected chi connectivity index (χ1v) is 9.16. The van der Waals surface area contributed by atoms with E-state index in [1.807, 2.05) is 25.2 Å². The maximum atomic E-state index is 6.51. The number of aromatic nitrogens is 3. The van der Waals surface area contributed by atoms with Crippen LogP contribution in [0.4, 0.5) is 5.82 Å². The predicted octanol–water partition coefficient (Wildman–Crippen LogP) is 3.23. The van der Waals surface area contributed by atoms with Gasteiger partial charge in [-0.25, -0.2) is 9.97 Å². The number of para-hydroxylation sites is 2. The summed E-state index contributed by atoms with van der Waals surface area (Å²) in [6, 6.07) is 11.3. The highest BCUT2D eigenvalue weighted by atomic mass is 35.5. The number of nitrogens with one attached hydrogen (secondary N) is 1. The lowest BCUT2D eigenvalue weighted by Gasteiger charge is -2.36. The van der Waals surface area contributed by atoms with Gasteiger partial charge in [0.15, 0.2) is 0 Å². The van der Waals surface area contributed by atoms with Crippen molar-refractivity contribution in [1.29, 1.82) is 0 Å². The van der Waals surface area contributed by atoms with Crippen molar-refractivity contribution in [2.75, 3.05) is 18.0 Å². The Balaban J connectivity index is 1.63. The molecule has 2 bridgehead atoms. The van der Waals surface area contributed by atoms with Crippen molar-refractivity contribution in [2.24, 2.45) is 7.05 Å². The summed E-state index contributed by atoms with van der Waals surface area (Å²) in [4.78, 5) is 11.9. The molecule has 25 heavy (non-hydrogen) atoms. The number of fused-ring (bicyclic) bond motifs is 3. The van der Waals surface area contributed by atoms with Gasteiger partial charge in [0, 0.05) is 44.0 Å². The van der Waals surface area contributed by atoms with E-state index < -0.39 is 0 Å². The molecule has 4 heterocycles. The molecule has 6 heteroatoms. The highest BCUT2D eigenvalue weighted by Crippen LogP contribution is 2.36. The zero-order valence-electron chi connectivity index (χ0n) is 14.1. The van der Waals surface area contributed by atoms with Gasteiger partial charge in [-0.05, 0) is 31.0 Å². The average molecular weight is 354 g/mol. The molecule has 2 aromatic heterocycles. The maximum Gasteiger partial charge on any atom is 0.142 e. The predicted molar refractivity (Wildman–Crippen MR) is 101 cm³/mol. The van der Waals surface area contributed by atoms with Crippen molar-refractivity contribution < 1.29 is 0 Å². The van der Waals surface area contributed by atoms with Crippen LogP contribution in [0.2, 0.25) is 5.02 Å². The van der Waals surface area contributed by atoms with Gasteiger partial charge in [-0.1, -0.05) is 23.7 Å². The molecule has 128 valence electrons. The largest absolute Gasteiger partial charge is 0.348 e. The molecular formula is C19H20ClN5. The molecule has 2 saturated heterocycles. The third-order valence-electron chi connectivity index (χ3n) is 5.51. The molecule has 0 amide bonds. The van der Waals surface area contributed by atoms with Crippen LogP contribution in [0.1, 0.15) is 12.8 Å². The number of imidazole rings is 1. The van der Waals surface area contributed by atoms with Crippen molar-refractivity contribution in [2.45, 2.75) is 24.9 Å². The first-order chi connectivity index (χ1) is 12.2. The second-order valence-electron chi connectivity index (χ2n) is 6.96. The smallest absolute Gasteiger partial charge is 0.142 e. The van der Waals surface area contributed by atoms with Gasteiger partial charge in [0.2, 0.25) is 0 Å². The number of rotatable bonds is 2. The van der Waals surface area contributed by atoms with Crippen LogP contribution >= 0.6 is 11.6 Å². The summed E-state index contributed by atoms with van der Waals surface area (Å²) < 4.78 is 2.10. The molecule has 0 radical (unpaired) electrons. The topological polar surface area (TPSA) is 46.0 Å². The molecule has 1 N–H and O–H groups in total. The van der Waals surface area contributed by atoms with E-state index in [0.29, 0.717) is 17.1 Å². The fourth-order valence-corrected chi connectivity index (χ4v) is 4.47. The van der Waals surface area contributed by atoms with E-state index in [4.69, 9.17) is 16.6 Å². The highest BCUT2D eigenvalue weighted by molar-refractivity contribution is 6.33. The minimum Gasteiger partial charge on any atom is -0.348 e. The Morgan fingerprint density at radius 1 is 1.16 bits per heavy atom. The summed E-state index contributed by atoms with van der Waals surface area (Å²) in [5, 5.41) is 4.16. The van der Waals surface area contributed by atoms with Crippen molar-refractivity contribution >= 4 is 28.5 Å². The van der Waals surface area contributed by atoms with Crippen LogP contribution in [-0.2, 0) is 7.05 Å². The minimum atomic E-state index is 0.528. The Kier molecular flexibility index (Phi) is 3.47. The molecule has 2 fully saturated rings. The Bertz CT molecular complexity index is 934. The summed E-state index contributed by atoms with van der Waals surface area (Å²) in [5.74, 6) is 1.90. The Morgan fingerprint density at radius 3 is 2.68 bits per heavy atom. The molecule has 2 atom stereocenters. The fourth-order valence-electron chi connectivity index (χ4n) is 4.28. The molecule has 2 unspecified atom stereocenters. The summed E-state index contributed by atoms with van der Waals surface area (Å²) in [6.07, 6.45) is 4.22. The van der Waals surface area contributed by atoms with Gasteiger partial charge in [0.05, 0.1) is 16.1 Å². The van der Waals surface area contributed by atoms with Crippen molar-refractivity contribution in [3.05, 3.63) is 41.6 Å². The van der Waals surface area contributed by atoms with E-state index in [9.17, 15) is 0 Å². The summed E-state index contributed by atoms with van der Waals surface area (Å²) in [6.45, 7) is 2.06. The number of halogens is 1. The number of hydrogen-bond acceptors (Lipinski definition) is 4. The van der Waals surface area contributed by atoms with Gasteiger partial charge in [-0.3, -0.25) is 0 Å². The van der Waals surface area contributed by atoms with Crippen LogP contribution in [0.3, 0.4) is 0 Å². The number of hydrogen-bond donors (Lipinski definition) is 1. The first kappa shape index (κ1) is 15.2. The molecule has 3 aromatic rings. The highest BCUT2D eigenvalue weighted by Gasteiger charge is 2.37. The van der Waals surface area contributed by atoms with Crippen molar-refractivity contribution in [1.82, 2.24) is 19.9 Å². The number of nitrogens with zero attached hydrogens (tertiary/aromatic N) is 4. The molecule has 1 aromatic carbocycles. The van der Waals surface area contributed by atoms with Crippen molar-refractivity contribution in [3.8, 4) is 11.4 Å². The van der Waals surface area contributed by atoms with Gasteiger partial charge < -0.3 is 14.8 Å². The quantitative estimate of drug-likeness (QED) is 0.768. The molecular weight excluding hydrogens is 334 g/mol.